The molecule has 19 heavy (non-hydrogen) atoms. The molecule has 1 aromatic heterocycles. The van der Waals surface area contributed by atoms with E-state index in [2.05, 4.69) is 37.7 Å². The van der Waals surface area contributed by atoms with Crippen LogP contribution in [0.15, 0.2) is 17.0 Å². The van der Waals surface area contributed by atoms with E-state index in [1.165, 1.54) is 0 Å². The molecular weight excluding hydrogens is 310 g/mol. The molecular formula is C13H18BrN3O2. The van der Waals surface area contributed by atoms with Gasteiger partial charge in [-0.3, -0.25) is 4.79 Å². The van der Waals surface area contributed by atoms with Crippen molar-refractivity contribution in [3.05, 3.63) is 17.0 Å². The first-order valence-electron chi connectivity index (χ1n) is 6.52. The van der Waals surface area contributed by atoms with Gasteiger partial charge in [0, 0.05) is 18.8 Å². The SMILES string of the molecule is CCOC(=O)[C@@H]1CCN(c2ncncc2Br)[C@H](C)C1. The van der Waals surface area contributed by atoms with Gasteiger partial charge >= 0.3 is 5.97 Å². The molecule has 0 amide bonds. The van der Waals surface area contributed by atoms with Crippen LogP contribution in [-0.2, 0) is 9.53 Å². The highest BCUT2D eigenvalue weighted by Crippen LogP contribution is 2.31. The second kappa shape index (κ2) is 6.32. The molecule has 104 valence electrons. The van der Waals surface area contributed by atoms with E-state index in [4.69, 9.17) is 4.74 Å². The molecule has 2 rings (SSSR count). The molecule has 0 radical (unpaired) electrons. The Morgan fingerprint density at radius 2 is 2.42 bits per heavy atom. The largest absolute Gasteiger partial charge is 0.466 e. The van der Waals surface area contributed by atoms with Crippen LogP contribution in [0.1, 0.15) is 26.7 Å². The molecule has 0 saturated carbocycles. The lowest BCUT2D eigenvalue weighted by Crippen LogP contribution is -2.43. The Balaban J connectivity index is 2.05. The van der Waals surface area contributed by atoms with E-state index >= 15 is 0 Å². The first-order valence-corrected chi connectivity index (χ1v) is 7.31. The maximum Gasteiger partial charge on any atom is 0.309 e. The Labute approximate surface area is 121 Å². The number of nitrogens with zero attached hydrogens (tertiary/aromatic N) is 3. The average Bonchev–Trinajstić information content (AvgIpc) is 2.40. The van der Waals surface area contributed by atoms with Crippen molar-refractivity contribution in [2.24, 2.45) is 5.92 Å². The zero-order valence-corrected chi connectivity index (χ0v) is 12.8. The van der Waals surface area contributed by atoms with E-state index in [0.29, 0.717) is 6.61 Å². The Kier molecular flexibility index (Phi) is 4.74. The Morgan fingerprint density at radius 1 is 1.63 bits per heavy atom. The van der Waals surface area contributed by atoms with Gasteiger partial charge in [-0.15, -0.1) is 0 Å². The van der Waals surface area contributed by atoms with Gasteiger partial charge in [-0.25, -0.2) is 9.97 Å². The summed E-state index contributed by atoms with van der Waals surface area (Å²) in [6.07, 6.45) is 4.89. The predicted octanol–water partition coefficient (Wildman–Crippen LogP) is 2.41. The van der Waals surface area contributed by atoms with Crippen molar-refractivity contribution >= 4 is 27.7 Å². The van der Waals surface area contributed by atoms with Gasteiger partial charge in [0.2, 0.25) is 0 Å². The van der Waals surface area contributed by atoms with Crippen LogP contribution >= 0.6 is 15.9 Å². The second-order valence-corrected chi connectivity index (χ2v) is 5.56. The van der Waals surface area contributed by atoms with Gasteiger partial charge in [-0.1, -0.05) is 0 Å². The topological polar surface area (TPSA) is 55.3 Å². The zero-order chi connectivity index (χ0) is 13.8. The molecule has 2 heterocycles. The molecule has 5 nitrogen and oxygen atoms in total. The van der Waals surface area contributed by atoms with Crippen LogP contribution < -0.4 is 4.90 Å². The third kappa shape index (κ3) is 3.23. The number of esters is 1. The number of halogens is 1. The Morgan fingerprint density at radius 3 is 3.05 bits per heavy atom. The monoisotopic (exact) mass is 327 g/mol. The van der Waals surface area contributed by atoms with E-state index in [9.17, 15) is 4.79 Å². The fourth-order valence-electron chi connectivity index (χ4n) is 2.48. The van der Waals surface area contributed by atoms with Crippen molar-refractivity contribution in [2.45, 2.75) is 32.7 Å². The zero-order valence-electron chi connectivity index (χ0n) is 11.2. The van der Waals surface area contributed by atoms with Gasteiger partial charge in [0.05, 0.1) is 17.0 Å². The average molecular weight is 328 g/mol. The van der Waals surface area contributed by atoms with Gasteiger partial charge in [0.25, 0.3) is 0 Å². The Bertz CT molecular complexity index is 455. The van der Waals surface area contributed by atoms with Gasteiger partial charge in [0.15, 0.2) is 0 Å². The number of aromatic nitrogens is 2. The van der Waals surface area contributed by atoms with Crippen LogP contribution in [0, 0.1) is 5.92 Å². The number of hydrogen-bond donors (Lipinski definition) is 0. The minimum absolute atomic E-state index is 0.00631. The van der Waals surface area contributed by atoms with Gasteiger partial charge in [0.1, 0.15) is 12.1 Å². The summed E-state index contributed by atoms with van der Waals surface area (Å²) in [7, 11) is 0. The minimum Gasteiger partial charge on any atom is -0.466 e. The number of anilines is 1. The normalized spacial score (nSPS) is 23.2. The number of ether oxygens (including phenoxy) is 1. The lowest BCUT2D eigenvalue weighted by atomic mass is 9.91. The fraction of sp³-hybridized carbons (Fsp3) is 0.615. The summed E-state index contributed by atoms with van der Waals surface area (Å²) in [6.45, 7) is 5.21. The van der Waals surface area contributed by atoms with Crippen molar-refractivity contribution in [1.82, 2.24) is 9.97 Å². The number of carbonyl (C=O) groups is 1. The molecule has 0 N–H and O–H groups in total. The summed E-state index contributed by atoms with van der Waals surface area (Å²) in [5.41, 5.74) is 0. The maximum atomic E-state index is 11.8. The third-order valence-electron chi connectivity index (χ3n) is 3.42. The number of piperidine rings is 1. The number of carbonyl (C=O) groups excluding carboxylic acids is 1. The second-order valence-electron chi connectivity index (χ2n) is 4.71. The van der Waals surface area contributed by atoms with Gasteiger partial charge in [-0.2, -0.15) is 0 Å². The molecule has 2 atom stereocenters. The third-order valence-corrected chi connectivity index (χ3v) is 3.98. The number of rotatable bonds is 3. The molecule has 0 spiro atoms. The van der Waals surface area contributed by atoms with Crippen LogP contribution in [0.5, 0.6) is 0 Å². The summed E-state index contributed by atoms with van der Waals surface area (Å²) >= 11 is 3.47. The molecule has 1 aliphatic heterocycles. The van der Waals surface area contributed by atoms with E-state index in [1.807, 2.05) is 6.92 Å². The van der Waals surface area contributed by atoms with E-state index in [-0.39, 0.29) is 17.9 Å². The molecule has 1 aromatic rings. The predicted molar refractivity (Wildman–Crippen MR) is 75.9 cm³/mol. The van der Waals surface area contributed by atoms with Crippen LogP contribution in [0.2, 0.25) is 0 Å². The molecule has 1 saturated heterocycles. The fourth-order valence-corrected chi connectivity index (χ4v) is 2.93. The first kappa shape index (κ1) is 14.2. The van der Waals surface area contributed by atoms with Crippen LogP contribution in [0.3, 0.4) is 0 Å². The molecule has 6 heteroatoms. The summed E-state index contributed by atoms with van der Waals surface area (Å²) < 4.78 is 5.99. The van der Waals surface area contributed by atoms with Crippen LogP contribution in [0.25, 0.3) is 0 Å². The highest BCUT2D eigenvalue weighted by atomic mass is 79.9. The molecule has 0 aliphatic carbocycles. The number of hydrogen-bond acceptors (Lipinski definition) is 5. The van der Waals surface area contributed by atoms with Gasteiger partial charge < -0.3 is 9.64 Å². The van der Waals surface area contributed by atoms with Gasteiger partial charge in [-0.05, 0) is 42.6 Å². The van der Waals surface area contributed by atoms with Crippen molar-refractivity contribution in [3.8, 4) is 0 Å². The van der Waals surface area contributed by atoms with E-state index < -0.39 is 0 Å². The van der Waals surface area contributed by atoms with Crippen molar-refractivity contribution < 1.29 is 9.53 Å². The minimum atomic E-state index is -0.0734. The van der Waals surface area contributed by atoms with Crippen LogP contribution in [0.4, 0.5) is 5.82 Å². The van der Waals surface area contributed by atoms with Crippen LogP contribution in [-0.4, -0.2) is 35.1 Å². The summed E-state index contributed by atoms with van der Waals surface area (Å²) in [6, 6.07) is 0.259. The quantitative estimate of drug-likeness (QED) is 0.798. The molecule has 0 bridgehead atoms. The van der Waals surface area contributed by atoms with E-state index in [0.717, 1.165) is 29.7 Å². The van der Waals surface area contributed by atoms with Crippen molar-refractivity contribution in [2.75, 3.05) is 18.1 Å². The first-order chi connectivity index (χ1) is 9.13. The Hall–Kier alpha value is -1.17. The maximum absolute atomic E-state index is 11.8. The summed E-state index contributed by atoms with van der Waals surface area (Å²) in [5.74, 6) is 0.826. The summed E-state index contributed by atoms with van der Waals surface area (Å²) in [5, 5.41) is 0. The lowest BCUT2D eigenvalue weighted by Gasteiger charge is -2.37. The molecule has 0 unspecified atom stereocenters. The molecule has 1 aliphatic rings. The highest BCUT2D eigenvalue weighted by molar-refractivity contribution is 9.10. The molecule has 1 fully saturated rings. The lowest BCUT2D eigenvalue weighted by molar-refractivity contribution is -0.149. The smallest absolute Gasteiger partial charge is 0.309 e. The van der Waals surface area contributed by atoms with E-state index in [1.54, 1.807) is 12.5 Å². The van der Waals surface area contributed by atoms with Crippen molar-refractivity contribution in [3.63, 3.8) is 0 Å². The summed E-state index contributed by atoms with van der Waals surface area (Å²) in [4.78, 5) is 22.3. The van der Waals surface area contributed by atoms with Crippen molar-refractivity contribution in [1.29, 1.82) is 0 Å². The standard InChI is InChI=1S/C13H18BrN3O2/c1-3-19-13(18)10-4-5-17(9(2)6-10)12-11(14)7-15-8-16-12/h7-10H,3-6H2,1-2H3/t9-,10-/m1/s1. The molecule has 0 aromatic carbocycles. The highest BCUT2D eigenvalue weighted by Gasteiger charge is 2.32.